The Labute approximate surface area is 164 Å². The van der Waals surface area contributed by atoms with Crippen LogP contribution in [0.4, 0.5) is 14.9 Å². The van der Waals surface area contributed by atoms with Gasteiger partial charge in [0.1, 0.15) is 11.5 Å². The SMILES string of the molecule is CNC(=O)[C@H]1CN(c2ccc(-c3ccc(-c4nnnn4C)nc3)c(F)c2)C(=O)O1. The van der Waals surface area contributed by atoms with Crippen LogP contribution in [0.1, 0.15) is 0 Å². The Kier molecular flexibility index (Phi) is 4.63. The molecule has 1 fully saturated rings. The minimum Gasteiger partial charge on any atom is -0.434 e. The number of anilines is 1. The molecule has 3 aromatic rings. The van der Waals surface area contributed by atoms with Crippen LogP contribution in [0.25, 0.3) is 22.6 Å². The number of aryl methyl sites for hydroxylation is 1. The van der Waals surface area contributed by atoms with Crippen LogP contribution in [0, 0.1) is 5.82 Å². The lowest BCUT2D eigenvalue weighted by atomic mass is 10.1. The van der Waals surface area contributed by atoms with E-state index in [9.17, 15) is 14.0 Å². The third-order valence-corrected chi connectivity index (χ3v) is 4.54. The highest BCUT2D eigenvalue weighted by Crippen LogP contribution is 2.29. The number of halogens is 1. The number of hydrogen-bond donors (Lipinski definition) is 1. The minimum atomic E-state index is -0.929. The third kappa shape index (κ3) is 3.37. The summed E-state index contributed by atoms with van der Waals surface area (Å²) in [7, 11) is 3.15. The van der Waals surface area contributed by atoms with Crippen LogP contribution in [0.5, 0.6) is 0 Å². The van der Waals surface area contributed by atoms with Gasteiger partial charge in [0.2, 0.25) is 0 Å². The van der Waals surface area contributed by atoms with E-state index in [2.05, 4.69) is 25.8 Å². The van der Waals surface area contributed by atoms with Crippen molar-refractivity contribution < 1.29 is 18.7 Å². The first-order valence-electron chi connectivity index (χ1n) is 8.66. The predicted octanol–water partition coefficient (Wildman–Crippen LogP) is 1.15. The molecule has 10 nitrogen and oxygen atoms in total. The van der Waals surface area contributed by atoms with E-state index in [1.807, 2.05) is 0 Å². The van der Waals surface area contributed by atoms with Crippen molar-refractivity contribution in [3.05, 3.63) is 42.3 Å². The number of aromatic nitrogens is 5. The van der Waals surface area contributed by atoms with E-state index in [0.29, 0.717) is 28.3 Å². The largest absolute Gasteiger partial charge is 0.434 e. The molecular weight excluding hydrogens is 381 g/mol. The molecule has 0 bridgehead atoms. The summed E-state index contributed by atoms with van der Waals surface area (Å²) in [6.07, 6.45) is -0.107. The van der Waals surface area contributed by atoms with Crippen molar-refractivity contribution in [2.45, 2.75) is 6.10 Å². The first-order chi connectivity index (χ1) is 14.0. The molecule has 1 aliphatic rings. The van der Waals surface area contributed by atoms with Crippen molar-refractivity contribution in [1.82, 2.24) is 30.5 Å². The van der Waals surface area contributed by atoms with Gasteiger partial charge in [-0.3, -0.25) is 14.7 Å². The fraction of sp³-hybridized carbons (Fsp3) is 0.222. The average Bonchev–Trinajstić information content (AvgIpc) is 3.33. The molecule has 2 amide bonds. The van der Waals surface area contributed by atoms with Crippen LogP contribution in [0.3, 0.4) is 0 Å². The van der Waals surface area contributed by atoms with E-state index in [1.165, 1.54) is 28.9 Å². The van der Waals surface area contributed by atoms with Crippen LogP contribution in [0.15, 0.2) is 36.5 Å². The van der Waals surface area contributed by atoms with Gasteiger partial charge in [-0.25, -0.2) is 13.9 Å². The molecule has 29 heavy (non-hydrogen) atoms. The van der Waals surface area contributed by atoms with Gasteiger partial charge < -0.3 is 10.1 Å². The Morgan fingerprint density at radius 1 is 1.31 bits per heavy atom. The van der Waals surface area contributed by atoms with Gasteiger partial charge in [0, 0.05) is 31.4 Å². The summed E-state index contributed by atoms with van der Waals surface area (Å²) >= 11 is 0. The summed E-state index contributed by atoms with van der Waals surface area (Å²) in [6, 6.07) is 7.77. The molecule has 0 spiro atoms. The highest BCUT2D eigenvalue weighted by atomic mass is 19.1. The van der Waals surface area contributed by atoms with Crippen molar-refractivity contribution in [3.63, 3.8) is 0 Å². The third-order valence-electron chi connectivity index (χ3n) is 4.54. The molecule has 1 saturated heterocycles. The number of cyclic esters (lactones) is 1. The topological polar surface area (TPSA) is 115 Å². The number of carbonyl (C=O) groups is 2. The number of hydrogen-bond acceptors (Lipinski definition) is 7. The van der Waals surface area contributed by atoms with Crippen LogP contribution in [-0.2, 0) is 16.6 Å². The second kappa shape index (κ2) is 7.26. The lowest BCUT2D eigenvalue weighted by molar-refractivity contribution is -0.127. The maximum Gasteiger partial charge on any atom is 0.415 e. The minimum absolute atomic E-state index is 0.0132. The van der Waals surface area contributed by atoms with Crippen molar-refractivity contribution in [3.8, 4) is 22.6 Å². The molecule has 0 unspecified atom stereocenters. The molecule has 11 heteroatoms. The van der Waals surface area contributed by atoms with Gasteiger partial charge in [-0.05, 0) is 34.7 Å². The highest BCUT2D eigenvalue weighted by Gasteiger charge is 2.36. The number of pyridine rings is 1. The maximum absolute atomic E-state index is 14.8. The summed E-state index contributed by atoms with van der Waals surface area (Å²) in [4.78, 5) is 29.2. The van der Waals surface area contributed by atoms with Gasteiger partial charge in [0.15, 0.2) is 11.9 Å². The number of nitrogens with one attached hydrogen (secondary N) is 1. The Balaban J connectivity index is 1.57. The van der Waals surface area contributed by atoms with E-state index >= 15 is 0 Å². The Morgan fingerprint density at radius 3 is 2.76 bits per heavy atom. The van der Waals surface area contributed by atoms with Crippen LogP contribution in [0.2, 0.25) is 0 Å². The zero-order valence-corrected chi connectivity index (χ0v) is 15.5. The Hall–Kier alpha value is -3.89. The van der Waals surface area contributed by atoms with Crippen molar-refractivity contribution in [2.24, 2.45) is 7.05 Å². The van der Waals surface area contributed by atoms with Gasteiger partial charge in [0.05, 0.1) is 12.2 Å². The molecule has 0 saturated carbocycles. The van der Waals surface area contributed by atoms with Gasteiger partial charge in [0.25, 0.3) is 5.91 Å². The summed E-state index contributed by atoms with van der Waals surface area (Å²) in [5, 5.41) is 13.6. The van der Waals surface area contributed by atoms with E-state index in [4.69, 9.17) is 4.74 Å². The number of amides is 2. The quantitative estimate of drug-likeness (QED) is 0.702. The number of likely N-dealkylation sites (N-methyl/N-ethyl adjacent to an activating group) is 1. The number of ether oxygens (including phenoxy) is 1. The summed E-state index contributed by atoms with van der Waals surface area (Å²) in [5.74, 6) is -0.457. The Bertz CT molecular complexity index is 1080. The number of benzene rings is 1. The molecule has 2 aromatic heterocycles. The lowest BCUT2D eigenvalue weighted by Gasteiger charge is -2.14. The molecule has 1 atom stereocenters. The number of tetrazole rings is 1. The monoisotopic (exact) mass is 397 g/mol. The lowest BCUT2D eigenvalue weighted by Crippen LogP contribution is -2.35. The fourth-order valence-electron chi connectivity index (χ4n) is 3.01. The van der Waals surface area contributed by atoms with E-state index in [1.54, 1.807) is 31.3 Å². The average molecular weight is 397 g/mol. The zero-order chi connectivity index (χ0) is 20.5. The first-order valence-corrected chi connectivity index (χ1v) is 8.66. The normalized spacial score (nSPS) is 16.0. The molecule has 1 aromatic carbocycles. The van der Waals surface area contributed by atoms with E-state index in [0.717, 1.165) is 0 Å². The van der Waals surface area contributed by atoms with Crippen LogP contribution in [-0.4, -0.2) is 56.9 Å². The molecule has 0 aliphatic carbocycles. The highest BCUT2D eigenvalue weighted by molar-refractivity contribution is 5.95. The molecule has 1 aliphatic heterocycles. The number of carbonyl (C=O) groups excluding carboxylic acids is 2. The second-order valence-electron chi connectivity index (χ2n) is 6.32. The predicted molar refractivity (Wildman–Crippen MR) is 99.1 cm³/mol. The number of nitrogens with zero attached hydrogens (tertiary/aromatic N) is 6. The van der Waals surface area contributed by atoms with Crippen molar-refractivity contribution in [1.29, 1.82) is 0 Å². The zero-order valence-electron chi connectivity index (χ0n) is 15.5. The Morgan fingerprint density at radius 2 is 2.14 bits per heavy atom. The van der Waals surface area contributed by atoms with E-state index < -0.39 is 23.9 Å². The molecular formula is C18H16FN7O3. The molecule has 1 N–H and O–H groups in total. The maximum atomic E-state index is 14.8. The number of rotatable bonds is 4. The molecule has 0 radical (unpaired) electrons. The summed E-state index contributed by atoms with van der Waals surface area (Å²) in [6.45, 7) is 0.0132. The second-order valence-corrected chi connectivity index (χ2v) is 6.32. The molecule has 148 valence electrons. The van der Waals surface area contributed by atoms with Gasteiger partial charge in [-0.15, -0.1) is 5.10 Å². The molecule has 3 heterocycles. The van der Waals surface area contributed by atoms with Crippen LogP contribution >= 0.6 is 0 Å². The molecule has 4 rings (SSSR count). The van der Waals surface area contributed by atoms with Crippen LogP contribution < -0.4 is 10.2 Å². The standard InChI is InChI=1S/C18H16FN7O3/c1-20-17(27)15-9-26(18(28)29-15)11-4-5-12(13(19)7-11)10-3-6-14(21-8-10)16-22-23-24-25(16)2/h3-8,15H,9H2,1-2H3,(H,20,27)/t15-/m1/s1. The fourth-order valence-corrected chi connectivity index (χ4v) is 3.01. The smallest absolute Gasteiger partial charge is 0.415 e. The van der Waals surface area contributed by atoms with Gasteiger partial charge in [-0.1, -0.05) is 6.07 Å². The summed E-state index contributed by atoms with van der Waals surface area (Å²) in [5.41, 5.74) is 1.73. The van der Waals surface area contributed by atoms with E-state index in [-0.39, 0.29) is 6.54 Å². The van der Waals surface area contributed by atoms with Gasteiger partial charge >= 0.3 is 6.09 Å². The van der Waals surface area contributed by atoms with Crippen molar-refractivity contribution >= 4 is 17.7 Å². The summed E-state index contributed by atoms with van der Waals surface area (Å²) < 4.78 is 21.3. The first kappa shape index (κ1) is 18.5. The van der Waals surface area contributed by atoms with Crippen molar-refractivity contribution in [2.75, 3.05) is 18.5 Å². The van der Waals surface area contributed by atoms with Gasteiger partial charge in [-0.2, -0.15) is 0 Å².